The molecule has 0 bridgehead atoms. The van der Waals surface area contributed by atoms with Crippen LogP contribution in [-0.2, 0) is 22.4 Å². The van der Waals surface area contributed by atoms with Crippen LogP contribution in [0.15, 0.2) is 48.5 Å². The Hall–Kier alpha value is -2.33. The third kappa shape index (κ3) is 3.77. The minimum atomic E-state index is -1.73. The smallest absolute Gasteiger partial charge is 0.253 e. The van der Waals surface area contributed by atoms with Gasteiger partial charge in [-0.05, 0) is 35.1 Å². The summed E-state index contributed by atoms with van der Waals surface area (Å²) in [6, 6.07) is 15.0. The first-order chi connectivity index (χ1) is 11.1. The number of ether oxygens (including phenoxy) is 1. The molecule has 0 aliphatic heterocycles. The number of hydrogen-bond acceptors (Lipinski definition) is 3. The summed E-state index contributed by atoms with van der Waals surface area (Å²) in [7, 11) is 0. The van der Waals surface area contributed by atoms with E-state index in [4.69, 9.17) is 10.5 Å². The molecule has 0 saturated carbocycles. The number of hydrogen-bond donors (Lipinski definition) is 2. The summed E-state index contributed by atoms with van der Waals surface area (Å²) in [6.07, 6.45) is 0. The van der Waals surface area contributed by atoms with Crippen molar-refractivity contribution in [1.82, 2.24) is 0 Å². The molecule has 0 aliphatic rings. The molecule has 0 saturated heterocycles. The van der Waals surface area contributed by atoms with Crippen molar-refractivity contribution in [3.63, 3.8) is 0 Å². The Bertz CT molecular complexity index is 730. The van der Waals surface area contributed by atoms with Crippen LogP contribution in [0.5, 0.6) is 5.75 Å². The van der Waals surface area contributed by atoms with E-state index in [1.165, 1.54) is 6.92 Å². The number of aliphatic hydroxyl groups is 1. The normalized spacial score (nSPS) is 14.0. The largest absolute Gasteiger partial charge is 0.489 e. The number of carbonyl (C=O) groups is 1. The zero-order valence-corrected chi connectivity index (χ0v) is 14.7. The van der Waals surface area contributed by atoms with Crippen LogP contribution in [0.3, 0.4) is 0 Å². The van der Waals surface area contributed by atoms with Gasteiger partial charge >= 0.3 is 0 Å². The monoisotopic (exact) mass is 327 g/mol. The molecule has 0 fully saturated rings. The highest BCUT2D eigenvalue weighted by atomic mass is 16.5. The number of benzene rings is 2. The molecule has 1 amide bonds. The van der Waals surface area contributed by atoms with Gasteiger partial charge in [0.25, 0.3) is 5.91 Å². The van der Waals surface area contributed by atoms with Crippen LogP contribution in [0.4, 0.5) is 0 Å². The summed E-state index contributed by atoms with van der Waals surface area (Å²) in [5.74, 6) is 0.00330. The fourth-order valence-corrected chi connectivity index (χ4v) is 2.62. The molecule has 24 heavy (non-hydrogen) atoms. The SMILES string of the molecule is CC(C)(C)c1ccccc1OCc1ccccc1C(C)(O)C(N)=O. The zero-order chi connectivity index (χ0) is 18.0. The number of nitrogens with two attached hydrogens (primary N) is 1. The fraction of sp³-hybridized carbons (Fsp3) is 0.350. The van der Waals surface area contributed by atoms with E-state index in [1.54, 1.807) is 12.1 Å². The molecule has 2 aromatic carbocycles. The van der Waals surface area contributed by atoms with Crippen LogP contribution in [0.25, 0.3) is 0 Å². The number of rotatable bonds is 5. The molecule has 3 N–H and O–H groups in total. The van der Waals surface area contributed by atoms with Gasteiger partial charge in [-0.15, -0.1) is 0 Å². The van der Waals surface area contributed by atoms with Crippen molar-refractivity contribution < 1.29 is 14.6 Å². The summed E-state index contributed by atoms with van der Waals surface area (Å²) >= 11 is 0. The molecule has 1 unspecified atom stereocenters. The van der Waals surface area contributed by atoms with Crippen LogP contribution < -0.4 is 10.5 Å². The maximum atomic E-state index is 11.6. The summed E-state index contributed by atoms with van der Waals surface area (Å²) in [4.78, 5) is 11.6. The van der Waals surface area contributed by atoms with E-state index in [-0.39, 0.29) is 12.0 Å². The first kappa shape index (κ1) is 18.0. The first-order valence-electron chi connectivity index (χ1n) is 7.97. The number of amides is 1. The molecule has 128 valence electrons. The van der Waals surface area contributed by atoms with Gasteiger partial charge in [0.1, 0.15) is 12.4 Å². The van der Waals surface area contributed by atoms with Gasteiger partial charge in [-0.25, -0.2) is 0 Å². The average Bonchev–Trinajstić information content (AvgIpc) is 2.52. The summed E-state index contributed by atoms with van der Waals surface area (Å²) in [5.41, 5.74) is 5.84. The van der Waals surface area contributed by atoms with Crippen molar-refractivity contribution in [2.24, 2.45) is 5.73 Å². The topological polar surface area (TPSA) is 72.6 Å². The lowest BCUT2D eigenvalue weighted by molar-refractivity contribution is -0.135. The molecule has 0 heterocycles. The summed E-state index contributed by atoms with van der Waals surface area (Å²) < 4.78 is 6.00. The molecule has 1 atom stereocenters. The fourth-order valence-electron chi connectivity index (χ4n) is 2.62. The van der Waals surface area contributed by atoms with Crippen LogP contribution in [0.1, 0.15) is 44.4 Å². The van der Waals surface area contributed by atoms with Gasteiger partial charge < -0.3 is 15.6 Å². The highest BCUT2D eigenvalue weighted by Crippen LogP contribution is 2.32. The van der Waals surface area contributed by atoms with Gasteiger partial charge in [0, 0.05) is 0 Å². The van der Waals surface area contributed by atoms with Crippen LogP contribution in [-0.4, -0.2) is 11.0 Å². The molecule has 4 heteroatoms. The maximum Gasteiger partial charge on any atom is 0.253 e. The average molecular weight is 327 g/mol. The predicted molar refractivity (Wildman–Crippen MR) is 94.7 cm³/mol. The van der Waals surface area contributed by atoms with E-state index in [0.29, 0.717) is 5.56 Å². The van der Waals surface area contributed by atoms with Crippen LogP contribution >= 0.6 is 0 Å². The molecule has 0 aliphatic carbocycles. The highest BCUT2D eigenvalue weighted by Gasteiger charge is 2.32. The molecular formula is C20H25NO3. The summed E-state index contributed by atoms with van der Waals surface area (Å²) in [5, 5.41) is 10.4. The Morgan fingerprint density at radius 3 is 2.12 bits per heavy atom. The third-order valence-corrected chi connectivity index (χ3v) is 4.10. The van der Waals surface area contributed by atoms with Crippen LogP contribution in [0.2, 0.25) is 0 Å². The van der Waals surface area contributed by atoms with Gasteiger partial charge in [-0.1, -0.05) is 63.2 Å². The second-order valence-corrected chi connectivity index (χ2v) is 7.13. The van der Waals surface area contributed by atoms with Gasteiger partial charge in [-0.2, -0.15) is 0 Å². The Morgan fingerprint density at radius 2 is 1.54 bits per heavy atom. The molecule has 0 spiro atoms. The van der Waals surface area contributed by atoms with E-state index < -0.39 is 11.5 Å². The molecule has 0 aromatic heterocycles. The van der Waals surface area contributed by atoms with Crippen molar-refractivity contribution in [2.45, 2.75) is 45.3 Å². The van der Waals surface area contributed by atoms with Gasteiger partial charge in [0.05, 0.1) is 0 Å². The molecule has 0 radical (unpaired) electrons. The van der Waals surface area contributed by atoms with E-state index in [2.05, 4.69) is 20.8 Å². The number of para-hydroxylation sites is 1. The van der Waals surface area contributed by atoms with Crippen molar-refractivity contribution in [1.29, 1.82) is 0 Å². The molecular weight excluding hydrogens is 302 g/mol. The van der Waals surface area contributed by atoms with E-state index in [1.807, 2.05) is 36.4 Å². The van der Waals surface area contributed by atoms with E-state index >= 15 is 0 Å². The minimum absolute atomic E-state index is 0.0468. The Morgan fingerprint density at radius 1 is 1.00 bits per heavy atom. The lowest BCUT2D eigenvalue weighted by Gasteiger charge is -2.25. The van der Waals surface area contributed by atoms with Crippen molar-refractivity contribution in [2.75, 3.05) is 0 Å². The Kier molecular flexibility index (Phi) is 4.99. The standard InChI is InChI=1S/C20H25NO3/c1-19(2,3)16-11-7-8-12-17(16)24-13-14-9-5-6-10-15(14)20(4,23)18(21)22/h5-12,23H,13H2,1-4H3,(H2,21,22). The lowest BCUT2D eigenvalue weighted by Crippen LogP contribution is -2.39. The van der Waals surface area contributed by atoms with E-state index in [0.717, 1.165) is 16.9 Å². The Balaban J connectivity index is 2.31. The highest BCUT2D eigenvalue weighted by molar-refractivity contribution is 5.84. The molecule has 4 nitrogen and oxygen atoms in total. The van der Waals surface area contributed by atoms with Crippen molar-refractivity contribution in [3.8, 4) is 5.75 Å². The van der Waals surface area contributed by atoms with Crippen molar-refractivity contribution >= 4 is 5.91 Å². The number of primary amides is 1. The van der Waals surface area contributed by atoms with Crippen molar-refractivity contribution in [3.05, 3.63) is 65.2 Å². The molecule has 2 aromatic rings. The second-order valence-electron chi connectivity index (χ2n) is 7.13. The zero-order valence-electron chi connectivity index (χ0n) is 14.7. The third-order valence-electron chi connectivity index (χ3n) is 4.10. The predicted octanol–water partition coefficient (Wildman–Crippen LogP) is 3.26. The second kappa shape index (κ2) is 6.65. The molecule has 2 rings (SSSR count). The van der Waals surface area contributed by atoms with Crippen LogP contribution in [0, 0.1) is 0 Å². The quantitative estimate of drug-likeness (QED) is 0.885. The minimum Gasteiger partial charge on any atom is -0.489 e. The maximum absolute atomic E-state index is 11.6. The number of carbonyl (C=O) groups excluding carboxylic acids is 1. The van der Waals surface area contributed by atoms with Gasteiger partial charge in [0.2, 0.25) is 0 Å². The van der Waals surface area contributed by atoms with Gasteiger partial charge in [-0.3, -0.25) is 4.79 Å². The first-order valence-corrected chi connectivity index (χ1v) is 7.97. The van der Waals surface area contributed by atoms with E-state index in [9.17, 15) is 9.90 Å². The summed E-state index contributed by atoms with van der Waals surface area (Å²) in [6.45, 7) is 8.02. The lowest BCUT2D eigenvalue weighted by atomic mass is 9.86. The Labute approximate surface area is 143 Å². The van der Waals surface area contributed by atoms with Gasteiger partial charge in [0.15, 0.2) is 5.60 Å².